The zero-order chi connectivity index (χ0) is 23.9. The topological polar surface area (TPSA) is 96.5 Å². The van der Waals surface area contributed by atoms with Crippen molar-refractivity contribution in [2.24, 2.45) is 0 Å². The Morgan fingerprint density at radius 3 is 2.53 bits per heavy atom. The number of ether oxygens (including phenoxy) is 1. The lowest BCUT2D eigenvalue weighted by Gasteiger charge is -2.10. The molecule has 7 nitrogen and oxygen atoms in total. The number of rotatable bonds is 10. The summed E-state index contributed by atoms with van der Waals surface area (Å²) in [6.07, 6.45) is 2.72. The Labute approximate surface area is 206 Å². The Morgan fingerprint density at radius 2 is 1.82 bits per heavy atom. The number of hydrogen-bond donors (Lipinski definition) is 3. The molecule has 1 fully saturated rings. The Morgan fingerprint density at radius 1 is 1.03 bits per heavy atom. The van der Waals surface area contributed by atoms with Gasteiger partial charge in [0.05, 0.1) is 15.6 Å². The van der Waals surface area contributed by atoms with E-state index in [0.29, 0.717) is 45.9 Å². The molecular formula is C25H24ClN3O4S. The second-order valence-electron chi connectivity index (χ2n) is 7.91. The predicted octanol–water partition coefficient (Wildman–Crippen LogP) is 4.28. The van der Waals surface area contributed by atoms with E-state index in [2.05, 4.69) is 16.0 Å². The summed E-state index contributed by atoms with van der Waals surface area (Å²) >= 11 is 7.52. The van der Waals surface area contributed by atoms with E-state index in [1.54, 1.807) is 30.3 Å². The van der Waals surface area contributed by atoms with Crippen molar-refractivity contribution in [1.82, 2.24) is 10.6 Å². The normalized spacial score (nSPS) is 12.6. The Kier molecular flexibility index (Phi) is 7.82. The van der Waals surface area contributed by atoms with E-state index >= 15 is 0 Å². The maximum atomic E-state index is 12.6. The van der Waals surface area contributed by atoms with Crippen molar-refractivity contribution >= 4 is 46.3 Å². The van der Waals surface area contributed by atoms with Crippen LogP contribution in [0.3, 0.4) is 0 Å². The van der Waals surface area contributed by atoms with Crippen molar-refractivity contribution < 1.29 is 19.1 Å². The van der Waals surface area contributed by atoms with Crippen LogP contribution in [-0.2, 0) is 11.2 Å². The summed E-state index contributed by atoms with van der Waals surface area (Å²) in [7, 11) is 0. The minimum absolute atomic E-state index is 0.00274. The van der Waals surface area contributed by atoms with E-state index in [9.17, 15) is 14.4 Å². The number of carbonyl (C=O) groups is 3. The molecule has 3 aromatic rings. The number of anilines is 1. The molecule has 1 aliphatic rings. The lowest BCUT2D eigenvalue weighted by atomic mass is 10.1. The fraction of sp³-hybridized carbons (Fsp3) is 0.240. The van der Waals surface area contributed by atoms with Crippen LogP contribution in [0.15, 0.2) is 60.0 Å². The number of thiophene rings is 1. The zero-order valence-electron chi connectivity index (χ0n) is 18.3. The molecule has 176 valence electrons. The van der Waals surface area contributed by atoms with Crippen LogP contribution in [0, 0.1) is 0 Å². The van der Waals surface area contributed by atoms with E-state index < -0.39 is 0 Å². The maximum Gasteiger partial charge on any atom is 0.265 e. The van der Waals surface area contributed by atoms with Crippen molar-refractivity contribution in [3.63, 3.8) is 0 Å². The quantitative estimate of drug-likeness (QED) is 0.389. The van der Waals surface area contributed by atoms with Gasteiger partial charge < -0.3 is 20.7 Å². The summed E-state index contributed by atoms with van der Waals surface area (Å²) in [5.41, 5.74) is 1.81. The average Bonchev–Trinajstić information content (AvgIpc) is 3.47. The van der Waals surface area contributed by atoms with Crippen LogP contribution in [0.1, 0.15) is 38.4 Å². The van der Waals surface area contributed by atoms with Gasteiger partial charge in [-0.25, -0.2) is 0 Å². The average molecular weight is 498 g/mol. The molecule has 1 aliphatic carbocycles. The first-order chi connectivity index (χ1) is 16.5. The van der Waals surface area contributed by atoms with E-state index in [-0.39, 0.29) is 24.3 Å². The zero-order valence-corrected chi connectivity index (χ0v) is 19.9. The van der Waals surface area contributed by atoms with E-state index in [1.807, 2.05) is 29.6 Å². The van der Waals surface area contributed by atoms with Gasteiger partial charge in [-0.2, -0.15) is 0 Å². The highest BCUT2D eigenvalue weighted by atomic mass is 35.5. The molecule has 1 saturated carbocycles. The number of nitrogens with one attached hydrogen (secondary N) is 3. The first-order valence-electron chi connectivity index (χ1n) is 10.9. The van der Waals surface area contributed by atoms with Gasteiger partial charge in [0.2, 0.25) is 0 Å². The fourth-order valence-electron chi connectivity index (χ4n) is 3.17. The molecule has 0 spiro atoms. The number of benzene rings is 2. The fourth-order valence-corrected chi connectivity index (χ4v) is 3.96. The molecule has 9 heteroatoms. The third-order valence-electron chi connectivity index (χ3n) is 5.16. The molecule has 1 aromatic heterocycles. The molecule has 0 unspecified atom stereocenters. The van der Waals surface area contributed by atoms with Gasteiger partial charge in [-0.05, 0) is 66.6 Å². The summed E-state index contributed by atoms with van der Waals surface area (Å²) in [5.74, 6) is -0.0156. The Hall–Kier alpha value is -3.36. The maximum absolute atomic E-state index is 12.6. The summed E-state index contributed by atoms with van der Waals surface area (Å²) < 4.78 is 5.50. The lowest BCUT2D eigenvalue weighted by molar-refractivity contribution is -0.123. The van der Waals surface area contributed by atoms with E-state index in [4.69, 9.17) is 16.3 Å². The molecule has 0 saturated heterocycles. The van der Waals surface area contributed by atoms with Crippen molar-refractivity contribution in [2.75, 3.05) is 18.5 Å². The molecule has 1 heterocycles. The van der Waals surface area contributed by atoms with E-state index in [0.717, 1.165) is 18.4 Å². The van der Waals surface area contributed by atoms with Crippen LogP contribution < -0.4 is 20.7 Å². The minimum atomic E-state index is -0.273. The van der Waals surface area contributed by atoms with Gasteiger partial charge in [0, 0.05) is 18.2 Å². The molecule has 3 N–H and O–H groups in total. The van der Waals surface area contributed by atoms with Gasteiger partial charge in [0.15, 0.2) is 6.61 Å². The highest BCUT2D eigenvalue weighted by Gasteiger charge is 2.23. The number of carbonyl (C=O) groups excluding carboxylic acids is 3. The molecule has 0 aliphatic heterocycles. The van der Waals surface area contributed by atoms with Gasteiger partial charge in [-0.3, -0.25) is 14.4 Å². The van der Waals surface area contributed by atoms with Crippen molar-refractivity contribution in [2.45, 2.75) is 25.3 Å². The summed E-state index contributed by atoms with van der Waals surface area (Å²) in [4.78, 5) is 37.1. The van der Waals surface area contributed by atoms with Crippen LogP contribution in [0.4, 0.5) is 5.69 Å². The molecule has 4 rings (SSSR count). The van der Waals surface area contributed by atoms with Crippen molar-refractivity contribution in [3.05, 3.63) is 81.0 Å². The predicted molar refractivity (Wildman–Crippen MR) is 133 cm³/mol. The van der Waals surface area contributed by atoms with Crippen molar-refractivity contribution in [1.29, 1.82) is 0 Å². The largest absolute Gasteiger partial charge is 0.484 e. The molecule has 0 bridgehead atoms. The number of amides is 3. The van der Waals surface area contributed by atoms with Crippen LogP contribution in [0.2, 0.25) is 5.02 Å². The third-order valence-corrected chi connectivity index (χ3v) is 6.35. The summed E-state index contributed by atoms with van der Waals surface area (Å²) in [6.45, 7) is 0.436. The molecule has 34 heavy (non-hydrogen) atoms. The second kappa shape index (κ2) is 11.2. The monoisotopic (exact) mass is 497 g/mol. The van der Waals surface area contributed by atoms with Gasteiger partial charge in [-0.15, -0.1) is 11.3 Å². The SMILES string of the molecule is O=C(COc1ccc(CCNC(=O)c2ccc(Cl)c(NC(=O)c3cccs3)c2)cc1)NC1CC1. The Bertz CT molecular complexity index is 1160. The van der Waals surface area contributed by atoms with Gasteiger partial charge >= 0.3 is 0 Å². The molecule has 3 amide bonds. The second-order valence-corrected chi connectivity index (χ2v) is 9.26. The highest BCUT2D eigenvalue weighted by molar-refractivity contribution is 7.12. The van der Waals surface area contributed by atoms with Gasteiger partial charge in [0.1, 0.15) is 5.75 Å². The lowest BCUT2D eigenvalue weighted by Crippen LogP contribution is -2.30. The standard InChI is InChI=1S/C25H24ClN3O4S/c26-20-10-5-17(14-21(20)29-25(32)22-2-1-13-34-22)24(31)27-12-11-16-3-8-19(9-4-16)33-15-23(30)28-18-6-7-18/h1-5,8-10,13-14,18H,6-7,11-12,15H2,(H,27,31)(H,28,30)(H,29,32). The van der Waals surface area contributed by atoms with Gasteiger partial charge in [0.25, 0.3) is 17.7 Å². The highest BCUT2D eigenvalue weighted by Crippen LogP contribution is 2.24. The van der Waals surface area contributed by atoms with Crippen LogP contribution in [0.25, 0.3) is 0 Å². The first kappa shape index (κ1) is 23.8. The first-order valence-corrected chi connectivity index (χ1v) is 12.2. The summed E-state index contributed by atoms with van der Waals surface area (Å²) in [5, 5.41) is 10.7. The van der Waals surface area contributed by atoms with Crippen LogP contribution >= 0.6 is 22.9 Å². The number of hydrogen-bond acceptors (Lipinski definition) is 5. The summed E-state index contributed by atoms with van der Waals surface area (Å²) in [6, 6.07) is 16.0. The van der Waals surface area contributed by atoms with Crippen LogP contribution in [-0.4, -0.2) is 36.9 Å². The van der Waals surface area contributed by atoms with E-state index in [1.165, 1.54) is 11.3 Å². The Balaban J connectivity index is 1.24. The van der Waals surface area contributed by atoms with Gasteiger partial charge in [-0.1, -0.05) is 29.8 Å². The van der Waals surface area contributed by atoms with Crippen molar-refractivity contribution in [3.8, 4) is 5.75 Å². The molecule has 0 atom stereocenters. The molecule has 2 aromatic carbocycles. The number of halogens is 1. The molecular weight excluding hydrogens is 474 g/mol. The third kappa shape index (κ3) is 6.82. The smallest absolute Gasteiger partial charge is 0.265 e. The van der Waals surface area contributed by atoms with Crippen LogP contribution in [0.5, 0.6) is 5.75 Å². The minimum Gasteiger partial charge on any atom is -0.484 e. The molecule has 0 radical (unpaired) electrons.